The molecular weight excluding hydrogens is 348 g/mol. The summed E-state index contributed by atoms with van der Waals surface area (Å²) in [5.74, 6) is 1.28. The average Bonchev–Trinajstić information content (AvgIpc) is 2.55. The lowest BCUT2D eigenvalue weighted by molar-refractivity contribution is -0.106. The van der Waals surface area contributed by atoms with Gasteiger partial charge in [0.2, 0.25) is 0 Å². The molecule has 0 N–H and O–H groups in total. The summed E-state index contributed by atoms with van der Waals surface area (Å²) in [5, 5.41) is 0. The van der Waals surface area contributed by atoms with E-state index in [1.54, 1.807) is 21.3 Å². The van der Waals surface area contributed by atoms with Gasteiger partial charge in [0.05, 0.1) is 11.6 Å². The number of benzene rings is 2. The molecule has 0 heterocycles. The van der Waals surface area contributed by atoms with E-state index in [2.05, 4.69) is 15.9 Å². The molecular formula is C17H19BrO4. The van der Waals surface area contributed by atoms with Crippen molar-refractivity contribution in [3.8, 4) is 11.5 Å². The average molecular weight is 367 g/mol. The summed E-state index contributed by atoms with van der Waals surface area (Å²) in [7, 11) is 4.79. The van der Waals surface area contributed by atoms with Gasteiger partial charge in [0.1, 0.15) is 6.61 Å². The molecule has 0 atom stereocenters. The van der Waals surface area contributed by atoms with Crippen molar-refractivity contribution < 1.29 is 18.9 Å². The predicted octanol–water partition coefficient (Wildman–Crippen LogP) is 4.33. The molecule has 0 fully saturated rings. The molecule has 0 saturated carbocycles. The standard InChI is InChI=1S/C17H19BrO4/c1-19-15-10-13(17(20-2)21-3)9-14(18)16(15)22-11-12-7-5-4-6-8-12/h4-10,17H,11H2,1-3H3. The minimum Gasteiger partial charge on any atom is -0.493 e. The fourth-order valence-corrected chi connectivity index (χ4v) is 2.69. The maximum atomic E-state index is 5.89. The molecule has 5 heteroatoms. The van der Waals surface area contributed by atoms with E-state index < -0.39 is 6.29 Å². The van der Waals surface area contributed by atoms with Crippen LogP contribution in [0.2, 0.25) is 0 Å². The number of hydrogen-bond donors (Lipinski definition) is 0. The van der Waals surface area contributed by atoms with Crippen LogP contribution >= 0.6 is 15.9 Å². The number of rotatable bonds is 7. The van der Waals surface area contributed by atoms with Gasteiger partial charge in [-0.05, 0) is 33.6 Å². The lowest BCUT2D eigenvalue weighted by Gasteiger charge is -2.18. The number of ether oxygens (including phenoxy) is 4. The van der Waals surface area contributed by atoms with E-state index in [0.717, 1.165) is 15.6 Å². The van der Waals surface area contributed by atoms with E-state index in [0.29, 0.717) is 18.1 Å². The van der Waals surface area contributed by atoms with Crippen LogP contribution in [0, 0.1) is 0 Å². The lowest BCUT2D eigenvalue weighted by Crippen LogP contribution is -2.05. The molecule has 0 spiro atoms. The fraction of sp³-hybridized carbons (Fsp3) is 0.294. The summed E-state index contributed by atoms with van der Waals surface area (Å²) >= 11 is 3.52. The van der Waals surface area contributed by atoms with Crippen molar-refractivity contribution in [2.75, 3.05) is 21.3 Å². The largest absolute Gasteiger partial charge is 0.493 e. The Kier molecular flexibility index (Phi) is 6.24. The van der Waals surface area contributed by atoms with Crippen LogP contribution in [0.4, 0.5) is 0 Å². The Hall–Kier alpha value is -1.56. The van der Waals surface area contributed by atoms with Gasteiger partial charge in [0.15, 0.2) is 17.8 Å². The van der Waals surface area contributed by atoms with Crippen LogP contribution in [0.5, 0.6) is 11.5 Å². The maximum Gasteiger partial charge on any atom is 0.183 e. The predicted molar refractivity (Wildman–Crippen MR) is 88.2 cm³/mol. The summed E-state index contributed by atoms with van der Waals surface area (Å²) < 4.78 is 22.6. The first-order valence-corrected chi connectivity index (χ1v) is 7.58. The molecule has 2 aromatic carbocycles. The van der Waals surface area contributed by atoms with Crippen molar-refractivity contribution in [2.24, 2.45) is 0 Å². The second-order valence-electron chi connectivity index (χ2n) is 4.61. The minimum absolute atomic E-state index is 0.451. The first-order valence-electron chi connectivity index (χ1n) is 6.79. The van der Waals surface area contributed by atoms with Crippen LogP contribution in [0.3, 0.4) is 0 Å². The zero-order chi connectivity index (χ0) is 15.9. The lowest BCUT2D eigenvalue weighted by atomic mass is 10.2. The molecule has 0 amide bonds. The van der Waals surface area contributed by atoms with Crippen molar-refractivity contribution in [2.45, 2.75) is 12.9 Å². The van der Waals surface area contributed by atoms with Crippen molar-refractivity contribution >= 4 is 15.9 Å². The van der Waals surface area contributed by atoms with Gasteiger partial charge < -0.3 is 18.9 Å². The summed E-state index contributed by atoms with van der Waals surface area (Å²) in [6.07, 6.45) is -0.451. The first kappa shape index (κ1) is 16.8. The number of halogens is 1. The van der Waals surface area contributed by atoms with Crippen LogP contribution in [0.1, 0.15) is 17.4 Å². The highest BCUT2D eigenvalue weighted by Gasteiger charge is 2.17. The zero-order valence-electron chi connectivity index (χ0n) is 12.8. The van der Waals surface area contributed by atoms with Gasteiger partial charge in [-0.25, -0.2) is 0 Å². The molecule has 118 valence electrons. The maximum absolute atomic E-state index is 5.89. The Labute approximate surface area is 139 Å². The third kappa shape index (κ3) is 4.00. The first-order chi connectivity index (χ1) is 10.7. The summed E-state index contributed by atoms with van der Waals surface area (Å²) in [6.45, 7) is 0.465. The van der Waals surface area contributed by atoms with Crippen LogP contribution in [-0.4, -0.2) is 21.3 Å². The molecule has 2 rings (SSSR count). The van der Waals surface area contributed by atoms with E-state index >= 15 is 0 Å². The second kappa shape index (κ2) is 8.17. The van der Waals surface area contributed by atoms with E-state index in [1.165, 1.54) is 0 Å². The Bertz CT molecular complexity index is 597. The highest BCUT2D eigenvalue weighted by molar-refractivity contribution is 9.10. The monoisotopic (exact) mass is 366 g/mol. The molecule has 0 aliphatic rings. The number of methoxy groups -OCH3 is 3. The Morgan fingerprint density at radius 3 is 2.27 bits per heavy atom. The minimum atomic E-state index is -0.451. The van der Waals surface area contributed by atoms with Crippen molar-refractivity contribution in [1.29, 1.82) is 0 Å². The van der Waals surface area contributed by atoms with Crippen LogP contribution in [-0.2, 0) is 16.1 Å². The molecule has 22 heavy (non-hydrogen) atoms. The van der Waals surface area contributed by atoms with E-state index in [9.17, 15) is 0 Å². The normalized spacial score (nSPS) is 10.8. The van der Waals surface area contributed by atoms with E-state index in [1.807, 2.05) is 42.5 Å². The van der Waals surface area contributed by atoms with Gasteiger partial charge in [-0.15, -0.1) is 0 Å². The molecule has 0 radical (unpaired) electrons. The molecule has 0 unspecified atom stereocenters. The molecule has 0 bridgehead atoms. The Balaban J connectivity index is 2.24. The van der Waals surface area contributed by atoms with Gasteiger partial charge in [0, 0.05) is 19.8 Å². The fourth-order valence-electron chi connectivity index (χ4n) is 2.11. The van der Waals surface area contributed by atoms with Crippen LogP contribution < -0.4 is 9.47 Å². The summed E-state index contributed by atoms with van der Waals surface area (Å²) in [4.78, 5) is 0. The Morgan fingerprint density at radius 1 is 1.00 bits per heavy atom. The zero-order valence-corrected chi connectivity index (χ0v) is 14.4. The third-order valence-electron chi connectivity index (χ3n) is 3.18. The van der Waals surface area contributed by atoms with Crippen LogP contribution in [0.25, 0.3) is 0 Å². The molecule has 2 aromatic rings. The Morgan fingerprint density at radius 2 is 1.68 bits per heavy atom. The SMILES string of the molecule is COc1cc(C(OC)OC)cc(Br)c1OCc1ccccc1. The molecule has 0 aliphatic heterocycles. The molecule has 4 nitrogen and oxygen atoms in total. The summed E-state index contributed by atoms with van der Waals surface area (Å²) in [5.41, 5.74) is 1.94. The van der Waals surface area contributed by atoms with Gasteiger partial charge in [0.25, 0.3) is 0 Å². The van der Waals surface area contributed by atoms with Gasteiger partial charge in [-0.1, -0.05) is 30.3 Å². The molecule has 0 aromatic heterocycles. The molecule has 0 saturated heterocycles. The van der Waals surface area contributed by atoms with Gasteiger partial charge >= 0.3 is 0 Å². The highest BCUT2D eigenvalue weighted by atomic mass is 79.9. The highest BCUT2D eigenvalue weighted by Crippen LogP contribution is 2.39. The third-order valence-corrected chi connectivity index (χ3v) is 3.77. The smallest absolute Gasteiger partial charge is 0.183 e. The quantitative estimate of drug-likeness (QED) is 0.683. The van der Waals surface area contributed by atoms with Gasteiger partial charge in [-0.2, -0.15) is 0 Å². The van der Waals surface area contributed by atoms with Gasteiger partial charge in [-0.3, -0.25) is 0 Å². The second-order valence-corrected chi connectivity index (χ2v) is 5.47. The van der Waals surface area contributed by atoms with Crippen LogP contribution in [0.15, 0.2) is 46.9 Å². The van der Waals surface area contributed by atoms with Crippen molar-refractivity contribution in [1.82, 2.24) is 0 Å². The van der Waals surface area contributed by atoms with Crippen molar-refractivity contribution in [3.05, 3.63) is 58.1 Å². The summed E-state index contributed by atoms with van der Waals surface area (Å²) in [6, 6.07) is 13.7. The molecule has 0 aliphatic carbocycles. The topological polar surface area (TPSA) is 36.9 Å². The van der Waals surface area contributed by atoms with E-state index in [4.69, 9.17) is 18.9 Å². The number of hydrogen-bond acceptors (Lipinski definition) is 4. The van der Waals surface area contributed by atoms with E-state index in [-0.39, 0.29) is 0 Å². The van der Waals surface area contributed by atoms with Crippen molar-refractivity contribution in [3.63, 3.8) is 0 Å².